The van der Waals surface area contributed by atoms with Crippen LogP contribution in [0, 0.1) is 12.3 Å². The average Bonchev–Trinajstić information content (AvgIpc) is 3.14. The van der Waals surface area contributed by atoms with Crippen molar-refractivity contribution >= 4 is 34.0 Å². The Bertz CT molecular complexity index is 1020. The van der Waals surface area contributed by atoms with Gasteiger partial charge < -0.3 is 15.0 Å². The molecule has 0 spiro atoms. The predicted octanol–water partition coefficient (Wildman–Crippen LogP) is 4.33. The van der Waals surface area contributed by atoms with Crippen LogP contribution < -0.4 is 0 Å². The minimum atomic E-state index is 0.182. The molecule has 1 aliphatic rings. The molecule has 2 aromatic carbocycles. The van der Waals surface area contributed by atoms with Crippen LogP contribution >= 0.6 is 11.6 Å². The van der Waals surface area contributed by atoms with Gasteiger partial charge >= 0.3 is 0 Å². The van der Waals surface area contributed by atoms with Crippen molar-refractivity contribution in [1.82, 2.24) is 14.9 Å². The smallest absolute Gasteiger partial charge is 0.145 e. The van der Waals surface area contributed by atoms with Crippen molar-refractivity contribution in [2.45, 2.75) is 13.3 Å². The number of aliphatic hydroxyl groups excluding tert-OH is 1. The van der Waals surface area contributed by atoms with Crippen LogP contribution in [0.3, 0.4) is 0 Å². The van der Waals surface area contributed by atoms with Gasteiger partial charge in [0.2, 0.25) is 0 Å². The first-order valence-electron chi connectivity index (χ1n) is 8.48. The van der Waals surface area contributed by atoms with E-state index in [9.17, 15) is 5.11 Å². The van der Waals surface area contributed by atoms with E-state index in [4.69, 9.17) is 17.0 Å². The molecule has 0 aliphatic carbocycles. The molecule has 6 heteroatoms. The predicted molar refractivity (Wildman–Crippen MR) is 105 cm³/mol. The largest absolute Gasteiger partial charge is 0.510 e. The normalized spacial score (nSPS) is 14.7. The summed E-state index contributed by atoms with van der Waals surface area (Å²) in [5.41, 5.74) is 4.51. The van der Waals surface area contributed by atoms with Crippen LogP contribution in [0.1, 0.15) is 17.0 Å². The summed E-state index contributed by atoms with van der Waals surface area (Å²) in [6.07, 6.45) is 0.777. The fourth-order valence-electron chi connectivity index (χ4n) is 3.23. The fraction of sp³-hybridized carbons (Fsp3) is 0.200. The third-order valence-electron chi connectivity index (χ3n) is 4.64. The molecule has 2 heterocycles. The van der Waals surface area contributed by atoms with E-state index in [1.54, 1.807) is 0 Å². The van der Waals surface area contributed by atoms with Gasteiger partial charge in [0.05, 0.1) is 23.2 Å². The molecular formula is C20H19ClN4O. The highest BCUT2D eigenvalue weighted by Gasteiger charge is 2.30. The van der Waals surface area contributed by atoms with Gasteiger partial charge in [-0.1, -0.05) is 29.8 Å². The van der Waals surface area contributed by atoms with E-state index >= 15 is 0 Å². The van der Waals surface area contributed by atoms with Gasteiger partial charge in [-0.15, -0.1) is 0 Å². The molecule has 0 fully saturated rings. The second kappa shape index (κ2) is 6.50. The summed E-state index contributed by atoms with van der Waals surface area (Å²) >= 11 is 5.92. The Morgan fingerprint density at radius 3 is 2.77 bits per heavy atom. The maximum absolute atomic E-state index is 10.4. The van der Waals surface area contributed by atoms with Gasteiger partial charge in [-0.25, -0.2) is 4.98 Å². The highest BCUT2D eigenvalue weighted by atomic mass is 35.5. The molecule has 1 aliphatic heterocycles. The number of nitrogens with zero attached hydrogens (tertiary/aromatic N) is 2. The number of aromatic amines is 1. The van der Waals surface area contributed by atoms with Crippen molar-refractivity contribution in [1.29, 1.82) is 5.41 Å². The lowest BCUT2D eigenvalue weighted by atomic mass is 10.1. The fourth-order valence-corrected chi connectivity index (χ4v) is 3.36. The Morgan fingerprint density at radius 2 is 2.00 bits per heavy atom. The average molecular weight is 367 g/mol. The Labute approximate surface area is 156 Å². The summed E-state index contributed by atoms with van der Waals surface area (Å²) in [5, 5.41) is 19.6. The molecule has 1 aromatic heterocycles. The Balaban J connectivity index is 1.53. The maximum atomic E-state index is 10.4. The summed E-state index contributed by atoms with van der Waals surface area (Å²) in [7, 11) is 0. The van der Waals surface area contributed by atoms with Crippen LogP contribution in [-0.2, 0) is 6.42 Å². The number of fused-ring (bicyclic) bond motifs is 1. The molecule has 0 amide bonds. The van der Waals surface area contributed by atoms with Gasteiger partial charge in [0, 0.05) is 11.6 Å². The molecule has 0 unspecified atom stereocenters. The lowest BCUT2D eigenvalue weighted by molar-refractivity contribution is 0.351. The van der Waals surface area contributed by atoms with Crippen LogP contribution in [0.5, 0.6) is 0 Å². The van der Waals surface area contributed by atoms with Crippen molar-refractivity contribution in [2.24, 2.45) is 0 Å². The molecule has 4 rings (SSSR count). The number of imidazole rings is 1. The van der Waals surface area contributed by atoms with Gasteiger partial charge in [-0.2, -0.15) is 0 Å². The Kier molecular flexibility index (Phi) is 4.17. The van der Waals surface area contributed by atoms with Crippen LogP contribution in [0.25, 0.3) is 16.6 Å². The Morgan fingerprint density at radius 1 is 1.23 bits per heavy atom. The summed E-state index contributed by atoms with van der Waals surface area (Å²) in [5.74, 6) is 1.02. The number of nitrogens with one attached hydrogen (secondary N) is 2. The molecule has 0 bridgehead atoms. The van der Waals surface area contributed by atoms with Crippen molar-refractivity contribution in [3.63, 3.8) is 0 Å². The van der Waals surface area contributed by atoms with Crippen molar-refractivity contribution in [3.05, 3.63) is 70.2 Å². The van der Waals surface area contributed by atoms with Crippen LogP contribution in [0.4, 0.5) is 0 Å². The molecule has 132 valence electrons. The monoisotopic (exact) mass is 366 g/mol. The molecule has 0 radical (unpaired) electrons. The van der Waals surface area contributed by atoms with E-state index in [2.05, 4.69) is 9.97 Å². The number of amidine groups is 1. The highest BCUT2D eigenvalue weighted by molar-refractivity contribution is 6.30. The standard InChI is InChI=1S/C20H19ClN4O/c1-12-2-7-15-16(10-12)24-20(23-15)18-17(26)11-25(19(18)22)9-8-13-3-5-14(21)6-4-13/h2-7,10,22,26H,8-9,11H2,1H3,(H,23,24). The lowest BCUT2D eigenvalue weighted by Crippen LogP contribution is -2.29. The summed E-state index contributed by atoms with van der Waals surface area (Å²) in [6.45, 7) is 3.00. The summed E-state index contributed by atoms with van der Waals surface area (Å²) in [4.78, 5) is 9.63. The third kappa shape index (κ3) is 3.06. The second-order valence-electron chi connectivity index (χ2n) is 6.57. The van der Waals surface area contributed by atoms with Gasteiger partial charge in [0.1, 0.15) is 17.4 Å². The number of aliphatic hydroxyl groups is 1. The molecule has 5 nitrogen and oxygen atoms in total. The number of rotatable bonds is 4. The van der Waals surface area contributed by atoms with E-state index in [1.165, 1.54) is 0 Å². The highest BCUT2D eigenvalue weighted by Crippen LogP contribution is 2.27. The first-order valence-corrected chi connectivity index (χ1v) is 8.86. The lowest BCUT2D eigenvalue weighted by Gasteiger charge is -2.18. The number of halogens is 1. The number of H-pyrrole nitrogens is 1. The maximum Gasteiger partial charge on any atom is 0.145 e. The minimum Gasteiger partial charge on any atom is -0.510 e. The molecule has 0 saturated heterocycles. The summed E-state index contributed by atoms with van der Waals surface area (Å²) in [6, 6.07) is 13.7. The van der Waals surface area contributed by atoms with Crippen molar-refractivity contribution in [3.8, 4) is 0 Å². The van der Waals surface area contributed by atoms with Crippen molar-refractivity contribution < 1.29 is 5.11 Å². The van der Waals surface area contributed by atoms with Crippen LogP contribution in [-0.4, -0.2) is 38.9 Å². The van der Waals surface area contributed by atoms with E-state index in [-0.39, 0.29) is 5.76 Å². The Hall–Kier alpha value is -2.79. The van der Waals surface area contributed by atoms with Crippen LogP contribution in [0.2, 0.25) is 5.02 Å². The van der Waals surface area contributed by atoms with Gasteiger partial charge in [-0.3, -0.25) is 5.41 Å². The number of hydrogen-bond donors (Lipinski definition) is 3. The SMILES string of the molecule is Cc1ccc2nc(C3=C(O)CN(CCc4ccc(Cl)cc4)C3=N)[nH]c2c1. The zero-order valence-electron chi connectivity index (χ0n) is 14.4. The van der Waals surface area contributed by atoms with E-state index in [1.807, 2.05) is 54.3 Å². The number of benzene rings is 2. The summed E-state index contributed by atoms with van der Waals surface area (Å²) < 4.78 is 0. The zero-order valence-corrected chi connectivity index (χ0v) is 15.1. The molecule has 3 N–H and O–H groups in total. The third-order valence-corrected chi connectivity index (χ3v) is 4.89. The number of aromatic nitrogens is 2. The molecule has 0 atom stereocenters. The number of aryl methyl sites for hydroxylation is 1. The van der Waals surface area contributed by atoms with Crippen molar-refractivity contribution in [2.75, 3.05) is 13.1 Å². The number of hydrogen-bond acceptors (Lipinski definition) is 3. The first-order chi connectivity index (χ1) is 12.5. The van der Waals surface area contributed by atoms with E-state index < -0.39 is 0 Å². The minimum absolute atomic E-state index is 0.182. The van der Waals surface area contributed by atoms with E-state index in [0.29, 0.717) is 35.3 Å². The van der Waals surface area contributed by atoms with E-state index in [0.717, 1.165) is 28.6 Å². The zero-order chi connectivity index (χ0) is 18.3. The topological polar surface area (TPSA) is 76.0 Å². The second-order valence-corrected chi connectivity index (χ2v) is 7.01. The van der Waals surface area contributed by atoms with Gasteiger partial charge in [0.25, 0.3) is 0 Å². The van der Waals surface area contributed by atoms with Gasteiger partial charge in [-0.05, 0) is 48.7 Å². The first kappa shape index (κ1) is 16.7. The molecular weight excluding hydrogens is 348 g/mol. The molecule has 0 saturated carbocycles. The van der Waals surface area contributed by atoms with Crippen LogP contribution in [0.15, 0.2) is 48.2 Å². The molecule has 3 aromatic rings. The quantitative estimate of drug-likeness (QED) is 0.643. The molecule has 26 heavy (non-hydrogen) atoms. The van der Waals surface area contributed by atoms with Gasteiger partial charge in [0.15, 0.2) is 0 Å².